The number of carbonyl (C=O) groups is 2. The maximum absolute atomic E-state index is 12.8. The average Bonchev–Trinajstić information content (AvgIpc) is 3.00. The molecule has 0 aliphatic carbocycles. The summed E-state index contributed by atoms with van der Waals surface area (Å²) in [4.78, 5) is 32.7. The Morgan fingerprint density at radius 1 is 1.37 bits per heavy atom. The molecule has 0 bridgehead atoms. The summed E-state index contributed by atoms with van der Waals surface area (Å²) in [6.07, 6.45) is 0. The maximum atomic E-state index is 12.8. The summed E-state index contributed by atoms with van der Waals surface area (Å²) in [5, 5.41) is 3.58. The SMILES string of the molecule is CCOC(=O)c1sc2nc(C)cc(C)c2c1NC(=O)C(=S)N1CCOCC1. The molecule has 0 spiro atoms. The lowest BCUT2D eigenvalue weighted by Gasteiger charge is -2.28. The van der Waals surface area contributed by atoms with Crippen molar-refractivity contribution < 1.29 is 19.1 Å². The number of nitrogens with zero attached hydrogens (tertiary/aromatic N) is 2. The van der Waals surface area contributed by atoms with Crippen molar-refractivity contribution in [2.45, 2.75) is 20.8 Å². The van der Waals surface area contributed by atoms with Crippen molar-refractivity contribution in [2.75, 3.05) is 38.2 Å². The number of ether oxygens (including phenoxy) is 2. The molecule has 2 aromatic heterocycles. The monoisotopic (exact) mass is 407 g/mol. The molecule has 1 N–H and O–H groups in total. The van der Waals surface area contributed by atoms with E-state index in [0.717, 1.165) is 16.6 Å². The molecule has 0 unspecified atom stereocenters. The van der Waals surface area contributed by atoms with Crippen LogP contribution in [0.4, 0.5) is 5.69 Å². The van der Waals surface area contributed by atoms with Crippen molar-refractivity contribution in [3.8, 4) is 0 Å². The van der Waals surface area contributed by atoms with Crippen LogP contribution < -0.4 is 5.32 Å². The molecule has 0 radical (unpaired) electrons. The third-order valence-corrected chi connectivity index (χ3v) is 5.69. The van der Waals surface area contributed by atoms with Gasteiger partial charge in [-0.3, -0.25) is 4.79 Å². The largest absolute Gasteiger partial charge is 0.462 e. The second-order valence-electron chi connectivity index (χ2n) is 6.15. The Morgan fingerprint density at radius 3 is 2.74 bits per heavy atom. The van der Waals surface area contributed by atoms with E-state index in [1.165, 1.54) is 11.3 Å². The van der Waals surface area contributed by atoms with Gasteiger partial charge < -0.3 is 19.7 Å². The van der Waals surface area contributed by atoms with Crippen LogP contribution in [0.5, 0.6) is 0 Å². The second kappa shape index (κ2) is 8.28. The molecule has 144 valence electrons. The molecule has 2 aromatic rings. The highest BCUT2D eigenvalue weighted by Gasteiger charge is 2.26. The van der Waals surface area contributed by atoms with E-state index < -0.39 is 11.9 Å². The predicted molar refractivity (Wildman–Crippen MR) is 109 cm³/mol. The number of anilines is 1. The molecule has 0 aromatic carbocycles. The quantitative estimate of drug-likeness (QED) is 0.619. The van der Waals surface area contributed by atoms with Gasteiger partial charge >= 0.3 is 5.97 Å². The fourth-order valence-electron chi connectivity index (χ4n) is 2.98. The fourth-order valence-corrected chi connectivity index (χ4v) is 4.36. The normalized spacial score (nSPS) is 14.3. The number of morpholine rings is 1. The minimum atomic E-state index is -0.481. The Bertz CT molecular complexity index is 904. The Morgan fingerprint density at radius 2 is 2.07 bits per heavy atom. The summed E-state index contributed by atoms with van der Waals surface area (Å²) < 4.78 is 10.5. The highest BCUT2D eigenvalue weighted by atomic mass is 32.1. The lowest BCUT2D eigenvalue weighted by molar-refractivity contribution is -0.111. The standard InChI is InChI=1S/C18H21N3O4S2/c1-4-25-18(23)14-13(12-10(2)9-11(3)19-16(12)27-14)20-15(22)17(26)21-5-7-24-8-6-21/h9H,4-8H2,1-3H3,(H,20,22). The molecule has 7 nitrogen and oxygen atoms in total. The Hall–Kier alpha value is -2.10. The van der Waals surface area contributed by atoms with Crippen LogP contribution in [0.2, 0.25) is 0 Å². The Labute approximate surface area is 166 Å². The lowest BCUT2D eigenvalue weighted by Crippen LogP contribution is -2.44. The minimum Gasteiger partial charge on any atom is -0.462 e. The first kappa shape index (κ1) is 19.7. The number of nitrogens with one attached hydrogen (secondary N) is 1. The van der Waals surface area contributed by atoms with E-state index in [1.807, 2.05) is 24.8 Å². The number of hydrogen-bond donors (Lipinski definition) is 1. The number of carbonyl (C=O) groups excluding carboxylic acids is 2. The van der Waals surface area contributed by atoms with Crippen molar-refractivity contribution in [3.05, 3.63) is 22.2 Å². The van der Waals surface area contributed by atoms with Crippen LogP contribution in [-0.4, -0.2) is 59.7 Å². The van der Waals surface area contributed by atoms with Crippen LogP contribution in [0.3, 0.4) is 0 Å². The number of esters is 1. The first-order chi connectivity index (χ1) is 12.9. The first-order valence-corrected chi connectivity index (χ1v) is 9.90. The highest BCUT2D eigenvalue weighted by Crippen LogP contribution is 2.37. The van der Waals surface area contributed by atoms with Gasteiger partial charge in [0.25, 0.3) is 5.91 Å². The van der Waals surface area contributed by atoms with Crippen LogP contribution in [0.25, 0.3) is 10.2 Å². The molecule has 0 saturated carbocycles. The second-order valence-corrected chi connectivity index (χ2v) is 7.53. The van der Waals surface area contributed by atoms with Crippen molar-refractivity contribution in [1.82, 2.24) is 9.88 Å². The van der Waals surface area contributed by atoms with Gasteiger partial charge in [-0.05, 0) is 32.4 Å². The van der Waals surface area contributed by atoms with E-state index in [2.05, 4.69) is 10.3 Å². The fraction of sp³-hybridized carbons (Fsp3) is 0.444. The van der Waals surface area contributed by atoms with Gasteiger partial charge in [0.1, 0.15) is 9.71 Å². The summed E-state index contributed by atoms with van der Waals surface area (Å²) in [7, 11) is 0. The maximum Gasteiger partial charge on any atom is 0.350 e. The number of aryl methyl sites for hydroxylation is 2. The van der Waals surface area contributed by atoms with Gasteiger partial charge in [-0.1, -0.05) is 12.2 Å². The average molecular weight is 408 g/mol. The molecule has 1 fully saturated rings. The number of pyridine rings is 1. The third-order valence-electron chi connectivity index (χ3n) is 4.18. The molecular formula is C18H21N3O4S2. The predicted octanol–water partition coefficient (Wildman–Crippen LogP) is 2.69. The number of hydrogen-bond acceptors (Lipinski definition) is 7. The van der Waals surface area contributed by atoms with E-state index in [4.69, 9.17) is 21.7 Å². The number of thiocarbonyl (C=S) groups is 1. The van der Waals surface area contributed by atoms with Crippen LogP contribution in [0.15, 0.2) is 6.07 Å². The number of fused-ring (bicyclic) bond motifs is 1. The van der Waals surface area contributed by atoms with Crippen LogP contribution in [-0.2, 0) is 14.3 Å². The van der Waals surface area contributed by atoms with Crippen molar-refractivity contribution in [3.63, 3.8) is 0 Å². The van der Waals surface area contributed by atoms with Crippen LogP contribution in [0, 0.1) is 13.8 Å². The van der Waals surface area contributed by atoms with Gasteiger partial charge in [-0.25, -0.2) is 9.78 Å². The van der Waals surface area contributed by atoms with Gasteiger partial charge in [0.05, 0.1) is 25.5 Å². The van der Waals surface area contributed by atoms with Gasteiger partial charge in [0, 0.05) is 24.2 Å². The van der Waals surface area contributed by atoms with E-state index in [9.17, 15) is 9.59 Å². The zero-order valence-corrected chi connectivity index (χ0v) is 17.1. The topological polar surface area (TPSA) is 80.8 Å². The van der Waals surface area contributed by atoms with Gasteiger partial charge in [-0.15, -0.1) is 11.3 Å². The first-order valence-electron chi connectivity index (χ1n) is 8.68. The number of thiophene rings is 1. The molecule has 9 heteroatoms. The smallest absolute Gasteiger partial charge is 0.350 e. The molecule has 1 aliphatic heterocycles. The number of amides is 1. The molecule has 0 atom stereocenters. The van der Waals surface area contributed by atoms with E-state index in [-0.39, 0.29) is 11.6 Å². The van der Waals surface area contributed by atoms with E-state index >= 15 is 0 Å². The van der Waals surface area contributed by atoms with Gasteiger partial charge in [0.15, 0.2) is 4.99 Å². The highest BCUT2D eigenvalue weighted by molar-refractivity contribution is 7.82. The molecule has 3 heterocycles. The van der Waals surface area contributed by atoms with Gasteiger partial charge in [0.2, 0.25) is 0 Å². The molecule has 27 heavy (non-hydrogen) atoms. The van der Waals surface area contributed by atoms with Gasteiger partial charge in [-0.2, -0.15) is 0 Å². The summed E-state index contributed by atoms with van der Waals surface area (Å²) in [6.45, 7) is 8.01. The summed E-state index contributed by atoms with van der Waals surface area (Å²) >= 11 is 6.55. The molecule has 1 saturated heterocycles. The minimum absolute atomic E-state index is 0.185. The number of rotatable bonds is 3. The lowest BCUT2D eigenvalue weighted by atomic mass is 10.1. The van der Waals surface area contributed by atoms with Crippen LogP contribution in [0.1, 0.15) is 27.9 Å². The summed E-state index contributed by atoms with van der Waals surface area (Å²) in [5.74, 6) is -0.901. The van der Waals surface area contributed by atoms with Crippen molar-refractivity contribution in [1.29, 1.82) is 0 Å². The molecular weight excluding hydrogens is 386 g/mol. The number of aromatic nitrogens is 1. The van der Waals surface area contributed by atoms with E-state index in [1.54, 1.807) is 6.92 Å². The molecule has 3 rings (SSSR count). The Balaban J connectivity index is 1.98. The Kier molecular flexibility index (Phi) is 6.03. The molecule has 1 amide bonds. The van der Waals surface area contributed by atoms with Crippen LogP contribution >= 0.6 is 23.6 Å². The zero-order chi connectivity index (χ0) is 19.6. The van der Waals surface area contributed by atoms with Crippen molar-refractivity contribution in [2.24, 2.45) is 0 Å². The molecule has 1 aliphatic rings. The summed E-state index contributed by atoms with van der Waals surface area (Å²) in [5.41, 5.74) is 2.19. The summed E-state index contributed by atoms with van der Waals surface area (Å²) in [6, 6.07) is 1.92. The van der Waals surface area contributed by atoms with Crippen molar-refractivity contribution >= 4 is 56.3 Å². The van der Waals surface area contributed by atoms with E-state index in [0.29, 0.717) is 41.7 Å². The zero-order valence-electron chi connectivity index (χ0n) is 15.5. The third kappa shape index (κ3) is 4.10.